The van der Waals surface area contributed by atoms with Gasteiger partial charge >= 0.3 is 0 Å². The number of thiazole rings is 1. The van der Waals surface area contributed by atoms with E-state index in [0.29, 0.717) is 29.7 Å². The molecule has 144 valence electrons. The van der Waals surface area contributed by atoms with Crippen LogP contribution in [0.25, 0.3) is 11.3 Å². The molecule has 1 amide bonds. The van der Waals surface area contributed by atoms with Gasteiger partial charge in [0.25, 0.3) is 5.91 Å². The van der Waals surface area contributed by atoms with Crippen molar-refractivity contribution in [3.8, 4) is 11.3 Å². The summed E-state index contributed by atoms with van der Waals surface area (Å²) in [5, 5.41) is 3.06. The first-order valence-electron chi connectivity index (χ1n) is 8.99. The summed E-state index contributed by atoms with van der Waals surface area (Å²) < 4.78 is 18.8. The number of anilines is 1. The Bertz CT molecular complexity index is 971. The molecule has 28 heavy (non-hydrogen) atoms. The van der Waals surface area contributed by atoms with Gasteiger partial charge in [0.2, 0.25) is 0 Å². The van der Waals surface area contributed by atoms with E-state index in [0.717, 1.165) is 23.2 Å². The van der Waals surface area contributed by atoms with E-state index in [4.69, 9.17) is 16.3 Å². The fourth-order valence-electron chi connectivity index (χ4n) is 3.14. The lowest BCUT2D eigenvalue weighted by Gasteiger charge is -2.23. The maximum Gasteiger partial charge on any atom is 0.258 e. The molecule has 0 spiro atoms. The summed E-state index contributed by atoms with van der Waals surface area (Å²) in [5.74, 6) is -0.433. The van der Waals surface area contributed by atoms with Gasteiger partial charge in [-0.15, -0.1) is 11.3 Å². The third-order valence-electron chi connectivity index (χ3n) is 4.60. The van der Waals surface area contributed by atoms with E-state index in [2.05, 4.69) is 4.98 Å². The lowest BCUT2D eigenvalue weighted by atomic mass is 10.1. The van der Waals surface area contributed by atoms with Gasteiger partial charge in [-0.3, -0.25) is 9.69 Å². The highest BCUT2D eigenvalue weighted by atomic mass is 35.5. The van der Waals surface area contributed by atoms with Crippen LogP contribution >= 0.6 is 22.9 Å². The van der Waals surface area contributed by atoms with Crippen molar-refractivity contribution in [1.82, 2.24) is 4.98 Å². The highest BCUT2D eigenvalue weighted by Crippen LogP contribution is 2.33. The lowest BCUT2D eigenvalue weighted by Crippen LogP contribution is -2.38. The number of carbonyl (C=O) groups is 1. The lowest BCUT2D eigenvalue weighted by molar-refractivity contribution is -0.127. The smallest absolute Gasteiger partial charge is 0.258 e. The highest BCUT2D eigenvalue weighted by Gasteiger charge is 2.31. The zero-order chi connectivity index (χ0) is 19.5. The highest BCUT2D eigenvalue weighted by molar-refractivity contribution is 7.14. The molecule has 4 nitrogen and oxygen atoms in total. The average Bonchev–Trinajstić information content (AvgIpc) is 3.40. The Morgan fingerprint density at radius 1 is 1.25 bits per heavy atom. The molecule has 1 aliphatic rings. The molecule has 2 aromatic carbocycles. The normalized spacial score (nSPS) is 16.3. The number of rotatable bonds is 5. The average molecular weight is 417 g/mol. The van der Waals surface area contributed by atoms with Crippen LogP contribution in [0.2, 0.25) is 5.02 Å². The Morgan fingerprint density at radius 2 is 2.04 bits per heavy atom. The first kappa shape index (κ1) is 19.1. The Morgan fingerprint density at radius 3 is 2.75 bits per heavy atom. The summed E-state index contributed by atoms with van der Waals surface area (Å²) in [5.41, 5.74) is 2.36. The summed E-state index contributed by atoms with van der Waals surface area (Å²) >= 11 is 7.66. The number of ether oxygens (including phenoxy) is 1. The van der Waals surface area contributed by atoms with Gasteiger partial charge in [0, 0.05) is 22.6 Å². The molecule has 0 aliphatic carbocycles. The molecule has 0 bridgehead atoms. The van der Waals surface area contributed by atoms with Gasteiger partial charge in [-0.05, 0) is 36.6 Å². The van der Waals surface area contributed by atoms with Crippen molar-refractivity contribution in [3.05, 3.63) is 70.3 Å². The van der Waals surface area contributed by atoms with Crippen molar-refractivity contribution < 1.29 is 13.9 Å². The second-order valence-electron chi connectivity index (χ2n) is 6.55. The van der Waals surface area contributed by atoms with Gasteiger partial charge in [-0.2, -0.15) is 0 Å². The van der Waals surface area contributed by atoms with Crippen molar-refractivity contribution in [2.75, 3.05) is 11.5 Å². The number of amides is 1. The molecule has 1 atom stereocenters. The van der Waals surface area contributed by atoms with Crippen molar-refractivity contribution in [3.63, 3.8) is 0 Å². The first-order valence-corrected chi connectivity index (χ1v) is 10.3. The number of benzene rings is 2. The standard InChI is InChI=1S/C21H18ClFN2O2S/c22-17-5-2-1-4-16(17)18-13-28-21(24-18)25(20(26)19-6-3-11-27-19)12-14-7-9-15(23)10-8-14/h1-2,4-5,7-10,13,19H,3,6,11-12H2. The Labute approximate surface area is 171 Å². The maximum atomic E-state index is 13.3. The van der Waals surface area contributed by atoms with Crippen LogP contribution in [0.4, 0.5) is 9.52 Å². The van der Waals surface area contributed by atoms with E-state index in [1.54, 1.807) is 17.0 Å². The zero-order valence-corrected chi connectivity index (χ0v) is 16.5. The second kappa shape index (κ2) is 8.39. The molecular formula is C21H18ClFN2O2S. The zero-order valence-electron chi connectivity index (χ0n) is 15.0. The van der Waals surface area contributed by atoms with Crippen molar-refractivity contribution in [1.29, 1.82) is 0 Å². The Kier molecular flexibility index (Phi) is 5.71. The molecular weight excluding hydrogens is 399 g/mol. The van der Waals surface area contributed by atoms with Gasteiger partial charge in [-0.25, -0.2) is 9.37 Å². The van der Waals surface area contributed by atoms with Crippen LogP contribution in [0.1, 0.15) is 18.4 Å². The molecule has 2 heterocycles. The van der Waals surface area contributed by atoms with E-state index < -0.39 is 6.10 Å². The number of halogens is 2. The summed E-state index contributed by atoms with van der Waals surface area (Å²) in [4.78, 5) is 19.4. The fourth-order valence-corrected chi connectivity index (χ4v) is 4.20. The molecule has 1 fully saturated rings. The van der Waals surface area contributed by atoms with Crippen LogP contribution in [0.15, 0.2) is 53.9 Å². The Balaban J connectivity index is 1.65. The largest absolute Gasteiger partial charge is 0.368 e. The molecule has 1 saturated heterocycles. The van der Waals surface area contributed by atoms with Crippen molar-refractivity contribution in [2.45, 2.75) is 25.5 Å². The van der Waals surface area contributed by atoms with Crippen molar-refractivity contribution in [2.24, 2.45) is 0 Å². The van der Waals surface area contributed by atoms with Crippen molar-refractivity contribution >= 4 is 34.0 Å². The molecule has 0 saturated carbocycles. The van der Waals surface area contributed by atoms with Gasteiger partial charge in [0.1, 0.15) is 11.9 Å². The SMILES string of the molecule is O=C(C1CCCO1)N(Cc1ccc(F)cc1)c1nc(-c2ccccc2Cl)cs1. The van der Waals surface area contributed by atoms with E-state index in [1.165, 1.54) is 23.5 Å². The predicted octanol–water partition coefficient (Wildman–Crippen LogP) is 5.31. The van der Waals surface area contributed by atoms with Gasteiger partial charge in [0.15, 0.2) is 5.13 Å². The third kappa shape index (κ3) is 4.09. The molecule has 0 radical (unpaired) electrons. The summed E-state index contributed by atoms with van der Waals surface area (Å²) in [6.07, 6.45) is 1.10. The van der Waals surface area contributed by atoms with E-state index >= 15 is 0 Å². The quantitative estimate of drug-likeness (QED) is 0.565. The van der Waals surface area contributed by atoms with Gasteiger partial charge in [-0.1, -0.05) is 41.9 Å². The fraction of sp³-hybridized carbons (Fsp3) is 0.238. The van der Waals surface area contributed by atoms with Crippen LogP contribution in [0.5, 0.6) is 0 Å². The predicted molar refractivity (Wildman–Crippen MR) is 109 cm³/mol. The molecule has 4 rings (SSSR count). The van der Waals surface area contributed by atoms with Crippen LogP contribution in [0, 0.1) is 5.82 Å². The maximum absolute atomic E-state index is 13.3. The minimum absolute atomic E-state index is 0.123. The second-order valence-corrected chi connectivity index (χ2v) is 7.79. The van der Waals surface area contributed by atoms with E-state index in [9.17, 15) is 9.18 Å². The topological polar surface area (TPSA) is 42.4 Å². The number of hydrogen-bond acceptors (Lipinski definition) is 4. The van der Waals surface area contributed by atoms with Crippen LogP contribution in [-0.4, -0.2) is 23.6 Å². The minimum atomic E-state index is -0.465. The minimum Gasteiger partial charge on any atom is -0.368 e. The molecule has 7 heteroatoms. The number of hydrogen-bond donors (Lipinski definition) is 0. The van der Waals surface area contributed by atoms with Crippen LogP contribution in [-0.2, 0) is 16.1 Å². The third-order valence-corrected chi connectivity index (χ3v) is 5.79. The van der Waals surface area contributed by atoms with Gasteiger partial charge in [0.05, 0.1) is 12.2 Å². The monoisotopic (exact) mass is 416 g/mol. The van der Waals surface area contributed by atoms with E-state index in [-0.39, 0.29) is 11.7 Å². The molecule has 0 N–H and O–H groups in total. The summed E-state index contributed by atoms with van der Waals surface area (Å²) in [7, 11) is 0. The van der Waals surface area contributed by atoms with Gasteiger partial charge < -0.3 is 4.74 Å². The molecule has 1 unspecified atom stereocenters. The Hall–Kier alpha value is -2.28. The first-order chi connectivity index (χ1) is 13.6. The molecule has 1 aromatic heterocycles. The molecule has 1 aliphatic heterocycles. The number of nitrogens with zero attached hydrogens (tertiary/aromatic N) is 2. The number of carbonyl (C=O) groups excluding carboxylic acids is 1. The summed E-state index contributed by atoms with van der Waals surface area (Å²) in [6.45, 7) is 0.887. The number of aromatic nitrogens is 1. The van der Waals surface area contributed by atoms with E-state index in [1.807, 2.05) is 29.6 Å². The molecule has 3 aromatic rings. The van der Waals surface area contributed by atoms with Crippen LogP contribution < -0.4 is 4.90 Å². The summed E-state index contributed by atoms with van der Waals surface area (Å²) in [6, 6.07) is 13.6. The van der Waals surface area contributed by atoms with Crippen LogP contribution in [0.3, 0.4) is 0 Å².